The van der Waals surface area contributed by atoms with E-state index in [0.29, 0.717) is 24.0 Å². The first-order valence-electron chi connectivity index (χ1n) is 6.03. The molecule has 1 heterocycles. The molecule has 0 aliphatic heterocycles. The number of nitrogens with two attached hydrogens (primary N) is 1. The highest BCUT2D eigenvalue weighted by Gasteiger charge is 2.27. The minimum absolute atomic E-state index is 0.123. The Kier molecular flexibility index (Phi) is 3.55. The molecule has 0 bridgehead atoms. The predicted octanol–water partition coefficient (Wildman–Crippen LogP) is 0.698. The average Bonchev–Trinajstić information content (AvgIpc) is 3.10. The molecule has 2 rings (SSSR count). The smallest absolute Gasteiger partial charge is 0.325 e. The van der Waals surface area contributed by atoms with Crippen LogP contribution in [0.3, 0.4) is 0 Å². The second-order valence-electron chi connectivity index (χ2n) is 4.28. The molecule has 0 unspecified atom stereocenters. The zero-order valence-corrected chi connectivity index (χ0v) is 10.3. The van der Waals surface area contributed by atoms with E-state index in [1.165, 1.54) is 0 Å². The van der Waals surface area contributed by atoms with Gasteiger partial charge in [0.2, 0.25) is 0 Å². The van der Waals surface area contributed by atoms with E-state index in [9.17, 15) is 9.59 Å². The van der Waals surface area contributed by atoms with Gasteiger partial charge in [0.1, 0.15) is 12.2 Å². The van der Waals surface area contributed by atoms with E-state index in [1.54, 1.807) is 19.2 Å². The monoisotopic (exact) mass is 251 g/mol. The van der Waals surface area contributed by atoms with Gasteiger partial charge in [-0.2, -0.15) is 0 Å². The first kappa shape index (κ1) is 12.5. The summed E-state index contributed by atoms with van der Waals surface area (Å²) in [6, 6.07) is 1.99. The van der Waals surface area contributed by atoms with Crippen LogP contribution in [0.4, 0.5) is 5.69 Å². The summed E-state index contributed by atoms with van der Waals surface area (Å²) in [5.74, 6) is -0.741. The molecule has 0 saturated heterocycles. The van der Waals surface area contributed by atoms with Crippen molar-refractivity contribution < 1.29 is 14.3 Å². The lowest BCUT2D eigenvalue weighted by atomic mass is 10.3. The van der Waals surface area contributed by atoms with Crippen molar-refractivity contribution in [2.24, 2.45) is 0 Å². The van der Waals surface area contributed by atoms with Crippen LogP contribution in [0, 0.1) is 0 Å². The van der Waals surface area contributed by atoms with Crippen LogP contribution < -0.4 is 11.1 Å². The fraction of sp³-hybridized carbons (Fsp3) is 0.500. The topological polar surface area (TPSA) is 86.3 Å². The zero-order valence-electron chi connectivity index (χ0n) is 10.3. The molecule has 1 saturated carbocycles. The molecule has 98 valence electrons. The minimum atomic E-state index is -0.441. The van der Waals surface area contributed by atoms with E-state index in [-0.39, 0.29) is 12.5 Å². The first-order chi connectivity index (χ1) is 8.61. The number of carbonyl (C=O) groups is 2. The van der Waals surface area contributed by atoms with Gasteiger partial charge >= 0.3 is 5.97 Å². The Morgan fingerprint density at radius 1 is 1.56 bits per heavy atom. The molecule has 1 aliphatic rings. The summed E-state index contributed by atoms with van der Waals surface area (Å²) in [6.45, 7) is 1.90. The number of ether oxygens (including phenoxy) is 1. The Balaban J connectivity index is 1.98. The second-order valence-corrected chi connectivity index (χ2v) is 4.28. The highest BCUT2D eigenvalue weighted by atomic mass is 16.5. The quantitative estimate of drug-likeness (QED) is 0.754. The normalized spacial score (nSPS) is 14.3. The van der Waals surface area contributed by atoms with Gasteiger partial charge < -0.3 is 20.4 Å². The molecule has 0 aromatic carbocycles. The van der Waals surface area contributed by atoms with Crippen LogP contribution >= 0.6 is 0 Å². The Morgan fingerprint density at radius 3 is 2.89 bits per heavy atom. The molecule has 0 atom stereocenters. The second kappa shape index (κ2) is 5.12. The van der Waals surface area contributed by atoms with Gasteiger partial charge in [0, 0.05) is 12.2 Å². The standard InChI is InChI=1S/C12H17N3O3/c1-2-18-11(16)6-14-12(17)10-5-8(13)7-15(10)9-3-4-9/h5,7,9H,2-4,6,13H2,1H3,(H,14,17). The van der Waals surface area contributed by atoms with Crippen LogP contribution in [0.2, 0.25) is 0 Å². The molecule has 18 heavy (non-hydrogen) atoms. The van der Waals surface area contributed by atoms with Gasteiger partial charge in [0.25, 0.3) is 5.91 Å². The molecule has 1 aromatic heterocycles. The third-order valence-electron chi connectivity index (χ3n) is 2.74. The molecule has 3 N–H and O–H groups in total. The Bertz CT molecular complexity index is 463. The summed E-state index contributed by atoms with van der Waals surface area (Å²) >= 11 is 0. The number of rotatable bonds is 5. The highest BCUT2D eigenvalue weighted by Crippen LogP contribution is 2.37. The third kappa shape index (κ3) is 2.82. The molecule has 1 amide bonds. The van der Waals surface area contributed by atoms with Crippen molar-refractivity contribution in [3.8, 4) is 0 Å². The number of hydrogen-bond donors (Lipinski definition) is 2. The molecule has 0 radical (unpaired) electrons. The number of aromatic nitrogens is 1. The number of nitrogens with one attached hydrogen (secondary N) is 1. The number of carbonyl (C=O) groups excluding carboxylic acids is 2. The molecular formula is C12H17N3O3. The number of nitrogen functional groups attached to an aromatic ring is 1. The maximum Gasteiger partial charge on any atom is 0.325 e. The summed E-state index contributed by atoms with van der Waals surface area (Å²) in [5, 5.41) is 2.53. The van der Waals surface area contributed by atoms with Gasteiger partial charge in [-0.25, -0.2) is 0 Å². The van der Waals surface area contributed by atoms with E-state index >= 15 is 0 Å². The number of anilines is 1. The van der Waals surface area contributed by atoms with Crippen molar-refractivity contribution in [2.75, 3.05) is 18.9 Å². The van der Waals surface area contributed by atoms with Crippen molar-refractivity contribution in [3.05, 3.63) is 18.0 Å². The fourth-order valence-electron chi connectivity index (χ4n) is 1.79. The average molecular weight is 251 g/mol. The van der Waals surface area contributed by atoms with Gasteiger partial charge in [0.05, 0.1) is 12.3 Å². The van der Waals surface area contributed by atoms with Gasteiger partial charge in [-0.15, -0.1) is 0 Å². The van der Waals surface area contributed by atoms with Crippen LogP contribution in [-0.4, -0.2) is 29.6 Å². The van der Waals surface area contributed by atoms with Crippen molar-refractivity contribution in [1.29, 1.82) is 0 Å². The molecule has 6 heteroatoms. The highest BCUT2D eigenvalue weighted by molar-refractivity contribution is 5.95. The van der Waals surface area contributed by atoms with Crippen LogP contribution in [0.5, 0.6) is 0 Å². The van der Waals surface area contributed by atoms with Gasteiger partial charge in [-0.05, 0) is 25.8 Å². The Hall–Kier alpha value is -1.98. The van der Waals surface area contributed by atoms with Crippen LogP contribution in [0.25, 0.3) is 0 Å². The zero-order chi connectivity index (χ0) is 13.1. The number of amides is 1. The Labute approximate surface area is 105 Å². The van der Waals surface area contributed by atoms with Crippen molar-refractivity contribution in [2.45, 2.75) is 25.8 Å². The summed E-state index contributed by atoms with van der Waals surface area (Å²) in [4.78, 5) is 23.1. The largest absolute Gasteiger partial charge is 0.465 e. The van der Waals surface area contributed by atoms with Crippen molar-refractivity contribution >= 4 is 17.6 Å². The third-order valence-corrected chi connectivity index (χ3v) is 2.74. The molecule has 1 fully saturated rings. The Morgan fingerprint density at radius 2 is 2.28 bits per heavy atom. The SMILES string of the molecule is CCOC(=O)CNC(=O)c1cc(N)cn1C1CC1. The maximum atomic E-state index is 11.9. The summed E-state index contributed by atoms with van der Waals surface area (Å²) in [5.41, 5.74) is 6.75. The van der Waals surface area contributed by atoms with Crippen LogP contribution in [0.1, 0.15) is 36.3 Å². The number of nitrogens with zero attached hydrogens (tertiary/aromatic N) is 1. The number of esters is 1. The minimum Gasteiger partial charge on any atom is -0.465 e. The lowest BCUT2D eigenvalue weighted by molar-refractivity contribution is -0.141. The predicted molar refractivity (Wildman–Crippen MR) is 66.1 cm³/mol. The van der Waals surface area contributed by atoms with E-state index < -0.39 is 5.97 Å². The lowest BCUT2D eigenvalue weighted by Gasteiger charge is -2.08. The van der Waals surface area contributed by atoms with Crippen molar-refractivity contribution in [1.82, 2.24) is 9.88 Å². The molecule has 0 spiro atoms. The van der Waals surface area contributed by atoms with Crippen LogP contribution in [-0.2, 0) is 9.53 Å². The van der Waals surface area contributed by atoms with E-state index in [4.69, 9.17) is 10.5 Å². The summed E-state index contributed by atoms with van der Waals surface area (Å²) in [6.07, 6.45) is 3.88. The van der Waals surface area contributed by atoms with Gasteiger partial charge in [0.15, 0.2) is 0 Å². The molecule has 6 nitrogen and oxygen atoms in total. The number of hydrogen-bond acceptors (Lipinski definition) is 4. The molecule has 1 aromatic rings. The van der Waals surface area contributed by atoms with Gasteiger partial charge in [-0.3, -0.25) is 9.59 Å². The first-order valence-corrected chi connectivity index (χ1v) is 6.03. The lowest BCUT2D eigenvalue weighted by Crippen LogP contribution is -2.31. The maximum absolute atomic E-state index is 11.9. The summed E-state index contributed by atoms with van der Waals surface area (Å²) in [7, 11) is 0. The fourth-order valence-corrected chi connectivity index (χ4v) is 1.79. The molecular weight excluding hydrogens is 234 g/mol. The van der Waals surface area contributed by atoms with Crippen LogP contribution in [0.15, 0.2) is 12.3 Å². The van der Waals surface area contributed by atoms with Gasteiger partial charge in [-0.1, -0.05) is 0 Å². The van der Waals surface area contributed by atoms with Crippen molar-refractivity contribution in [3.63, 3.8) is 0 Å². The molecule has 1 aliphatic carbocycles. The van der Waals surface area contributed by atoms with E-state index in [0.717, 1.165) is 12.8 Å². The van der Waals surface area contributed by atoms with E-state index in [1.807, 2.05) is 4.57 Å². The van der Waals surface area contributed by atoms with E-state index in [2.05, 4.69) is 5.32 Å². The summed E-state index contributed by atoms with van der Waals surface area (Å²) < 4.78 is 6.61.